The summed E-state index contributed by atoms with van der Waals surface area (Å²) in [6.07, 6.45) is 3.17. The Bertz CT molecular complexity index is 1030. The highest BCUT2D eigenvalue weighted by Crippen LogP contribution is 2.23. The van der Waals surface area contributed by atoms with Gasteiger partial charge in [-0.2, -0.15) is 0 Å². The van der Waals surface area contributed by atoms with Crippen LogP contribution in [-0.2, 0) is 0 Å². The van der Waals surface area contributed by atoms with E-state index in [2.05, 4.69) is 0 Å². The lowest BCUT2D eigenvalue weighted by atomic mass is 10.1. The van der Waals surface area contributed by atoms with Crippen molar-refractivity contribution in [3.63, 3.8) is 0 Å². The van der Waals surface area contributed by atoms with Crippen molar-refractivity contribution in [2.75, 3.05) is 44.2 Å². The molecule has 2 heterocycles. The van der Waals surface area contributed by atoms with Gasteiger partial charge in [0.1, 0.15) is 5.82 Å². The standard InChI is InChI=1S/C24H27FN4O3/c25-19-7-8-21(20(16-19)22(26)30)27-11-13-29(14-12-27)24(32)18-6-4-5-17(15-18)23(31)28-9-2-1-3-10-28/h4-8,15-16H,1-3,9-14H2,(H2,26,30). The van der Waals surface area contributed by atoms with Crippen molar-refractivity contribution in [2.24, 2.45) is 5.73 Å². The van der Waals surface area contributed by atoms with Gasteiger partial charge in [0, 0.05) is 56.1 Å². The molecule has 0 aromatic heterocycles. The molecule has 0 bridgehead atoms. The molecule has 0 unspecified atom stereocenters. The predicted molar refractivity (Wildman–Crippen MR) is 119 cm³/mol. The second kappa shape index (κ2) is 9.38. The number of benzene rings is 2. The number of nitrogens with two attached hydrogens (primary N) is 1. The normalized spacial score (nSPS) is 16.7. The first-order valence-electron chi connectivity index (χ1n) is 11.0. The van der Waals surface area contributed by atoms with Crippen LogP contribution in [-0.4, -0.2) is 66.8 Å². The van der Waals surface area contributed by atoms with Crippen molar-refractivity contribution < 1.29 is 18.8 Å². The molecule has 2 aliphatic rings. The Hall–Kier alpha value is -3.42. The molecule has 2 N–H and O–H groups in total. The summed E-state index contributed by atoms with van der Waals surface area (Å²) in [6, 6.07) is 10.9. The quantitative estimate of drug-likeness (QED) is 0.795. The molecular formula is C24H27FN4O3. The monoisotopic (exact) mass is 438 g/mol. The maximum Gasteiger partial charge on any atom is 0.253 e. The molecule has 168 valence electrons. The second-order valence-electron chi connectivity index (χ2n) is 8.24. The molecule has 2 aromatic rings. The SMILES string of the molecule is NC(=O)c1cc(F)ccc1N1CCN(C(=O)c2cccc(C(=O)N3CCCCC3)c2)CC1. The molecule has 32 heavy (non-hydrogen) atoms. The van der Waals surface area contributed by atoms with Gasteiger partial charge in [-0.1, -0.05) is 6.07 Å². The largest absolute Gasteiger partial charge is 0.367 e. The summed E-state index contributed by atoms with van der Waals surface area (Å²) in [7, 11) is 0. The van der Waals surface area contributed by atoms with Crippen LogP contribution < -0.4 is 10.6 Å². The fourth-order valence-electron chi connectivity index (χ4n) is 4.38. The Morgan fingerprint density at radius 3 is 1.94 bits per heavy atom. The molecule has 4 rings (SSSR count). The van der Waals surface area contributed by atoms with E-state index < -0.39 is 11.7 Å². The lowest BCUT2D eigenvalue weighted by Gasteiger charge is -2.36. The molecule has 0 aliphatic carbocycles. The van der Waals surface area contributed by atoms with Crippen LogP contribution in [0.3, 0.4) is 0 Å². The van der Waals surface area contributed by atoms with Gasteiger partial charge in [0.2, 0.25) is 0 Å². The Morgan fingerprint density at radius 1 is 0.750 bits per heavy atom. The van der Waals surface area contributed by atoms with Gasteiger partial charge >= 0.3 is 0 Å². The van der Waals surface area contributed by atoms with Gasteiger partial charge in [0.15, 0.2) is 0 Å². The third-order valence-corrected chi connectivity index (χ3v) is 6.13. The van der Waals surface area contributed by atoms with E-state index in [0.29, 0.717) is 43.0 Å². The predicted octanol–water partition coefficient (Wildman–Crippen LogP) is 2.51. The minimum Gasteiger partial charge on any atom is -0.367 e. The first-order valence-corrected chi connectivity index (χ1v) is 11.0. The fraction of sp³-hybridized carbons (Fsp3) is 0.375. The number of likely N-dealkylation sites (tertiary alicyclic amines) is 1. The van der Waals surface area contributed by atoms with Crippen LogP contribution >= 0.6 is 0 Å². The van der Waals surface area contributed by atoms with Crippen LogP contribution in [0.1, 0.15) is 50.3 Å². The Kier molecular flexibility index (Phi) is 6.39. The highest BCUT2D eigenvalue weighted by molar-refractivity contribution is 6.00. The molecule has 0 radical (unpaired) electrons. The first kappa shape index (κ1) is 21.8. The number of amides is 3. The number of piperidine rings is 1. The average Bonchev–Trinajstić information content (AvgIpc) is 2.84. The number of hydrogen-bond donors (Lipinski definition) is 1. The molecule has 2 aliphatic heterocycles. The van der Waals surface area contributed by atoms with Gasteiger partial charge in [0.25, 0.3) is 17.7 Å². The summed E-state index contributed by atoms with van der Waals surface area (Å²) in [5.74, 6) is -1.37. The van der Waals surface area contributed by atoms with Gasteiger partial charge in [-0.3, -0.25) is 14.4 Å². The molecule has 8 heteroatoms. The van der Waals surface area contributed by atoms with Crippen molar-refractivity contribution in [1.29, 1.82) is 0 Å². The van der Waals surface area contributed by atoms with Crippen LogP contribution in [0, 0.1) is 5.82 Å². The zero-order chi connectivity index (χ0) is 22.7. The highest BCUT2D eigenvalue weighted by Gasteiger charge is 2.26. The number of carbonyl (C=O) groups excluding carboxylic acids is 3. The van der Waals surface area contributed by atoms with Gasteiger partial charge < -0.3 is 20.4 Å². The lowest BCUT2D eigenvalue weighted by Crippen LogP contribution is -2.49. The number of rotatable bonds is 4. The van der Waals surface area contributed by atoms with E-state index in [1.807, 2.05) is 9.80 Å². The lowest BCUT2D eigenvalue weighted by molar-refractivity contribution is 0.0724. The molecule has 0 spiro atoms. The fourth-order valence-corrected chi connectivity index (χ4v) is 4.38. The molecule has 3 amide bonds. The number of carbonyl (C=O) groups is 3. The van der Waals surface area contributed by atoms with Crippen LogP contribution in [0.25, 0.3) is 0 Å². The number of primary amides is 1. The summed E-state index contributed by atoms with van der Waals surface area (Å²) < 4.78 is 13.5. The van der Waals surface area contributed by atoms with Crippen molar-refractivity contribution in [1.82, 2.24) is 9.80 Å². The van der Waals surface area contributed by atoms with E-state index in [4.69, 9.17) is 5.73 Å². The Morgan fingerprint density at radius 2 is 1.34 bits per heavy atom. The van der Waals surface area contributed by atoms with Crippen molar-refractivity contribution in [3.05, 3.63) is 65.0 Å². The molecule has 2 aromatic carbocycles. The van der Waals surface area contributed by atoms with Crippen LogP contribution in [0.2, 0.25) is 0 Å². The molecular weight excluding hydrogens is 411 g/mol. The number of hydrogen-bond acceptors (Lipinski definition) is 4. The smallest absolute Gasteiger partial charge is 0.253 e. The van der Waals surface area contributed by atoms with Crippen LogP contribution in [0.5, 0.6) is 0 Å². The second-order valence-corrected chi connectivity index (χ2v) is 8.24. The van der Waals surface area contributed by atoms with Gasteiger partial charge in [-0.15, -0.1) is 0 Å². The third kappa shape index (κ3) is 4.59. The van der Waals surface area contributed by atoms with E-state index >= 15 is 0 Å². The van der Waals surface area contributed by atoms with Crippen molar-refractivity contribution in [2.45, 2.75) is 19.3 Å². The number of piperazine rings is 1. The maximum absolute atomic E-state index is 13.5. The van der Waals surface area contributed by atoms with E-state index in [1.54, 1.807) is 35.2 Å². The van der Waals surface area contributed by atoms with Gasteiger partial charge in [-0.25, -0.2) is 4.39 Å². The minimum atomic E-state index is -0.687. The number of nitrogens with zero attached hydrogens (tertiary/aromatic N) is 3. The molecule has 0 atom stereocenters. The maximum atomic E-state index is 13.5. The zero-order valence-electron chi connectivity index (χ0n) is 17.9. The van der Waals surface area contributed by atoms with E-state index in [9.17, 15) is 18.8 Å². The summed E-state index contributed by atoms with van der Waals surface area (Å²) in [5, 5.41) is 0. The summed E-state index contributed by atoms with van der Waals surface area (Å²) in [4.78, 5) is 43.1. The summed E-state index contributed by atoms with van der Waals surface area (Å²) in [5.41, 5.74) is 7.13. The van der Waals surface area contributed by atoms with E-state index in [1.165, 1.54) is 6.07 Å². The summed E-state index contributed by atoms with van der Waals surface area (Å²) in [6.45, 7) is 3.39. The highest BCUT2D eigenvalue weighted by atomic mass is 19.1. The van der Waals surface area contributed by atoms with Crippen LogP contribution in [0.15, 0.2) is 42.5 Å². The molecule has 7 nitrogen and oxygen atoms in total. The van der Waals surface area contributed by atoms with E-state index in [0.717, 1.165) is 38.4 Å². The van der Waals surface area contributed by atoms with Crippen molar-refractivity contribution >= 4 is 23.4 Å². The Labute approximate surface area is 186 Å². The van der Waals surface area contributed by atoms with Gasteiger partial charge in [0.05, 0.1) is 5.56 Å². The van der Waals surface area contributed by atoms with E-state index in [-0.39, 0.29) is 17.4 Å². The first-order chi connectivity index (χ1) is 15.4. The number of anilines is 1. The Balaban J connectivity index is 1.43. The summed E-state index contributed by atoms with van der Waals surface area (Å²) >= 11 is 0. The van der Waals surface area contributed by atoms with Gasteiger partial charge in [-0.05, 0) is 55.7 Å². The van der Waals surface area contributed by atoms with Crippen molar-refractivity contribution in [3.8, 4) is 0 Å². The van der Waals surface area contributed by atoms with Crippen LogP contribution in [0.4, 0.5) is 10.1 Å². The minimum absolute atomic E-state index is 0.0283. The third-order valence-electron chi connectivity index (χ3n) is 6.13. The molecule has 2 saturated heterocycles. The number of halogens is 1. The topological polar surface area (TPSA) is 87.0 Å². The zero-order valence-corrected chi connectivity index (χ0v) is 17.9. The average molecular weight is 439 g/mol. The molecule has 2 fully saturated rings. The molecule has 0 saturated carbocycles.